The summed E-state index contributed by atoms with van der Waals surface area (Å²) in [6, 6.07) is 5.44. The van der Waals surface area contributed by atoms with Crippen LogP contribution < -0.4 is 10.2 Å². The van der Waals surface area contributed by atoms with Crippen molar-refractivity contribution in [1.82, 2.24) is 20.1 Å². The van der Waals surface area contributed by atoms with Gasteiger partial charge in [0.15, 0.2) is 5.13 Å². The van der Waals surface area contributed by atoms with Crippen LogP contribution in [-0.2, 0) is 19.0 Å². The Hall–Kier alpha value is -3.26. The van der Waals surface area contributed by atoms with Crippen LogP contribution in [0.25, 0.3) is 21.7 Å². The van der Waals surface area contributed by atoms with Crippen molar-refractivity contribution in [2.24, 2.45) is 11.0 Å². The van der Waals surface area contributed by atoms with Gasteiger partial charge in [-0.25, -0.2) is 4.98 Å². The third-order valence-corrected chi connectivity index (χ3v) is 10.8. The summed E-state index contributed by atoms with van der Waals surface area (Å²) in [7, 11) is 5.17. The van der Waals surface area contributed by atoms with Gasteiger partial charge in [-0.2, -0.15) is 0 Å². The van der Waals surface area contributed by atoms with E-state index in [-0.39, 0.29) is 30.9 Å². The van der Waals surface area contributed by atoms with Crippen LogP contribution in [0.4, 0.5) is 5.13 Å². The first-order valence-corrected chi connectivity index (χ1v) is 16.6. The number of amides is 2. The number of nitrogens with zero attached hydrogens (tertiary/aromatic N) is 7. The molecule has 0 radical (unpaired) electrons. The lowest BCUT2D eigenvalue weighted by atomic mass is 9.83. The van der Waals surface area contributed by atoms with E-state index >= 15 is 0 Å². The first-order chi connectivity index (χ1) is 21.9. The van der Waals surface area contributed by atoms with E-state index in [4.69, 9.17) is 19.2 Å². The van der Waals surface area contributed by atoms with Crippen LogP contribution in [0.1, 0.15) is 42.5 Å². The number of piperazine rings is 1. The van der Waals surface area contributed by atoms with E-state index in [0.29, 0.717) is 5.56 Å². The van der Waals surface area contributed by atoms with E-state index in [1.165, 1.54) is 14.2 Å². The third kappa shape index (κ3) is 6.27. The van der Waals surface area contributed by atoms with E-state index in [9.17, 15) is 15.1 Å². The zero-order chi connectivity index (χ0) is 31.6. The van der Waals surface area contributed by atoms with Crippen molar-refractivity contribution in [2.75, 3.05) is 65.5 Å². The van der Waals surface area contributed by atoms with Gasteiger partial charge in [-0.3, -0.25) is 9.59 Å². The second-order valence-corrected chi connectivity index (χ2v) is 13.3. The maximum atomic E-state index is 14.4. The molecule has 0 bridgehead atoms. The molecule has 14 heteroatoms. The standard InChI is InChI=1S/C31H42N8O5S/c1-37-13-15-38(16-14-37)30-33-24(18-45-30)20-9-11-22(12-10-20)28(40)34-25(21-7-5-4-6-8-21)29(41)39-17-23(35-36-32)26-27(39)31(42-2,43-3)19-44-26/h9-12,18,21,23,25-27H,4-8,13-17,19H2,1-3H3,(H,34,40). The Balaban J connectivity index is 1.20. The zero-order valence-corrected chi connectivity index (χ0v) is 26.9. The summed E-state index contributed by atoms with van der Waals surface area (Å²) >= 11 is 1.64. The van der Waals surface area contributed by atoms with E-state index in [2.05, 4.69) is 37.6 Å². The number of nitrogens with one attached hydrogen (secondary N) is 1. The lowest BCUT2D eigenvalue weighted by Crippen LogP contribution is -2.60. The summed E-state index contributed by atoms with van der Waals surface area (Å²) in [6.07, 6.45) is 4.22. The van der Waals surface area contributed by atoms with Gasteiger partial charge in [0, 0.05) is 68.4 Å². The van der Waals surface area contributed by atoms with Crippen LogP contribution in [0.15, 0.2) is 34.8 Å². The van der Waals surface area contributed by atoms with Crippen molar-refractivity contribution < 1.29 is 23.8 Å². The number of thiazole rings is 1. The molecule has 4 heterocycles. The van der Waals surface area contributed by atoms with Gasteiger partial charge in [0.25, 0.3) is 5.91 Å². The topological polar surface area (TPSA) is 145 Å². The van der Waals surface area contributed by atoms with Crippen LogP contribution in [-0.4, -0.2) is 117 Å². The molecule has 1 N–H and O–H groups in total. The number of anilines is 1. The van der Waals surface area contributed by atoms with Crippen LogP contribution >= 0.6 is 11.3 Å². The quantitative estimate of drug-likeness (QED) is 0.190. The van der Waals surface area contributed by atoms with Crippen molar-refractivity contribution in [1.29, 1.82) is 0 Å². The van der Waals surface area contributed by atoms with Gasteiger partial charge in [0.1, 0.15) is 18.7 Å². The molecule has 3 saturated heterocycles. The average molecular weight is 639 g/mol. The molecule has 6 rings (SSSR count). The number of likely N-dealkylation sites (tertiary alicyclic amines) is 1. The lowest BCUT2D eigenvalue weighted by molar-refractivity contribution is -0.227. The number of carbonyl (C=O) groups excluding carboxylic acids is 2. The largest absolute Gasteiger partial charge is 0.370 e. The Morgan fingerprint density at radius 2 is 1.84 bits per heavy atom. The third-order valence-electron chi connectivity index (χ3n) is 9.89. The van der Waals surface area contributed by atoms with Crippen LogP contribution in [0.5, 0.6) is 0 Å². The number of fused-ring (bicyclic) bond motifs is 1. The molecule has 4 atom stereocenters. The lowest BCUT2D eigenvalue weighted by Gasteiger charge is -2.39. The molecule has 1 saturated carbocycles. The van der Waals surface area contributed by atoms with Gasteiger partial charge in [-0.05, 0) is 43.5 Å². The van der Waals surface area contributed by atoms with Gasteiger partial charge in [0.05, 0.1) is 17.8 Å². The highest BCUT2D eigenvalue weighted by Crippen LogP contribution is 2.41. The number of methoxy groups -OCH3 is 2. The number of azide groups is 1. The average Bonchev–Trinajstić information content (AvgIpc) is 3.81. The van der Waals surface area contributed by atoms with Crippen LogP contribution in [0.2, 0.25) is 0 Å². The second kappa shape index (κ2) is 13.6. The Morgan fingerprint density at radius 1 is 1.13 bits per heavy atom. The zero-order valence-electron chi connectivity index (χ0n) is 26.1. The Kier molecular flexibility index (Phi) is 9.60. The van der Waals surface area contributed by atoms with Crippen LogP contribution in [0, 0.1) is 5.92 Å². The molecule has 0 spiro atoms. The molecule has 4 fully saturated rings. The number of benzene rings is 1. The van der Waals surface area contributed by atoms with E-state index in [0.717, 1.165) is 74.7 Å². The fourth-order valence-electron chi connectivity index (χ4n) is 7.22. The molecule has 2 aromatic rings. The molecular formula is C31H42N8O5S. The highest BCUT2D eigenvalue weighted by atomic mass is 32.1. The van der Waals surface area contributed by atoms with Crippen molar-refractivity contribution in [3.63, 3.8) is 0 Å². The first kappa shape index (κ1) is 31.7. The fourth-order valence-corrected chi connectivity index (χ4v) is 8.11. The molecule has 13 nitrogen and oxygen atoms in total. The maximum absolute atomic E-state index is 14.4. The van der Waals surface area contributed by atoms with Crippen molar-refractivity contribution in [2.45, 2.75) is 62.1 Å². The minimum absolute atomic E-state index is 0.0174. The van der Waals surface area contributed by atoms with Gasteiger partial charge in [-0.1, -0.05) is 36.5 Å². The van der Waals surface area contributed by atoms with Gasteiger partial charge in [0.2, 0.25) is 11.7 Å². The smallest absolute Gasteiger partial charge is 0.251 e. The fraction of sp³-hybridized carbons (Fsp3) is 0.645. The predicted molar refractivity (Wildman–Crippen MR) is 170 cm³/mol. The van der Waals surface area contributed by atoms with E-state index < -0.39 is 30.0 Å². The minimum Gasteiger partial charge on any atom is -0.370 e. The Morgan fingerprint density at radius 3 is 2.51 bits per heavy atom. The van der Waals surface area contributed by atoms with Crippen LogP contribution in [0.3, 0.4) is 0 Å². The molecule has 242 valence electrons. The molecule has 2 amide bonds. The molecule has 4 unspecified atom stereocenters. The monoisotopic (exact) mass is 638 g/mol. The Bertz CT molecular complexity index is 1400. The van der Waals surface area contributed by atoms with Gasteiger partial charge >= 0.3 is 0 Å². The summed E-state index contributed by atoms with van der Waals surface area (Å²) in [6.45, 7) is 4.20. The summed E-state index contributed by atoms with van der Waals surface area (Å²) in [5, 5.41) is 10.1. The summed E-state index contributed by atoms with van der Waals surface area (Å²) in [5.74, 6) is -1.76. The van der Waals surface area contributed by atoms with Gasteiger partial charge in [-0.15, -0.1) is 11.3 Å². The molecular weight excluding hydrogens is 596 g/mol. The van der Waals surface area contributed by atoms with E-state index in [1.54, 1.807) is 28.4 Å². The number of ether oxygens (including phenoxy) is 3. The van der Waals surface area contributed by atoms with Gasteiger partial charge < -0.3 is 34.2 Å². The number of hydrogen-bond acceptors (Lipinski definition) is 10. The number of likely N-dealkylation sites (N-methyl/N-ethyl adjacent to an activating group) is 1. The number of hydrogen-bond donors (Lipinski definition) is 1. The molecule has 45 heavy (non-hydrogen) atoms. The Labute approximate surface area is 267 Å². The summed E-state index contributed by atoms with van der Waals surface area (Å²) in [5.41, 5.74) is 11.5. The first-order valence-electron chi connectivity index (χ1n) is 15.7. The number of rotatable bonds is 9. The number of aromatic nitrogens is 1. The minimum atomic E-state index is -1.20. The highest BCUT2D eigenvalue weighted by molar-refractivity contribution is 7.14. The number of carbonyl (C=O) groups is 2. The summed E-state index contributed by atoms with van der Waals surface area (Å²) < 4.78 is 17.5. The molecule has 1 aromatic carbocycles. The van der Waals surface area contributed by atoms with Crippen molar-refractivity contribution in [3.8, 4) is 11.3 Å². The second-order valence-electron chi connectivity index (χ2n) is 12.4. The van der Waals surface area contributed by atoms with Crippen molar-refractivity contribution >= 4 is 28.3 Å². The maximum Gasteiger partial charge on any atom is 0.251 e. The molecule has 1 aromatic heterocycles. The van der Waals surface area contributed by atoms with E-state index in [1.807, 2.05) is 12.1 Å². The van der Waals surface area contributed by atoms with Crippen molar-refractivity contribution in [3.05, 3.63) is 45.7 Å². The molecule has 1 aliphatic carbocycles. The molecule has 3 aliphatic heterocycles. The molecule has 4 aliphatic rings. The normalized spacial score (nSPS) is 25.9. The highest BCUT2D eigenvalue weighted by Gasteiger charge is 2.62. The SMILES string of the molecule is COC1(OC)COC2C(N=[N+]=[N-])CN(C(=O)C(NC(=O)c3ccc(-c4csc(N5CCN(C)CC5)n4)cc3)C3CCCCC3)C21. The predicted octanol–water partition coefficient (Wildman–Crippen LogP) is 3.52. The summed E-state index contributed by atoms with van der Waals surface area (Å²) in [4.78, 5) is 42.2.